The molecule has 0 saturated heterocycles. The predicted molar refractivity (Wildman–Crippen MR) is 31.2 cm³/mol. The molecule has 5 heteroatoms. The zero-order valence-corrected chi connectivity index (χ0v) is 5.73. The monoisotopic (exact) mass is 164 g/mol. The summed E-state index contributed by atoms with van der Waals surface area (Å²) >= 11 is 0. The van der Waals surface area contributed by atoms with E-state index in [-0.39, 0.29) is 5.57 Å². The number of halogens is 2. The molecule has 0 spiro atoms. The van der Waals surface area contributed by atoms with Gasteiger partial charge in [0.05, 0.1) is 19.1 Å². The Morgan fingerprint density at radius 2 is 2.27 bits per heavy atom. The van der Waals surface area contributed by atoms with Crippen LogP contribution in [-0.2, 0) is 9.53 Å². The lowest BCUT2D eigenvalue weighted by Crippen LogP contribution is -2.35. The summed E-state index contributed by atoms with van der Waals surface area (Å²) in [6.07, 6.45) is -0.731. The lowest BCUT2D eigenvalue weighted by Gasteiger charge is -2.28. The Bertz CT molecular complexity index is 232. The molecule has 1 N–H and O–H groups in total. The number of carboxylic acid groups (broad SMARTS) is 1. The Hall–Kier alpha value is -1.13. The molecule has 0 amide bonds. The van der Waals surface area contributed by atoms with Gasteiger partial charge in [-0.25, -0.2) is 4.79 Å². The van der Waals surface area contributed by atoms with Gasteiger partial charge in [-0.15, -0.1) is 0 Å². The Balaban J connectivity index is 2.91. The molecule has 0 radical (unpaired) electrons. The predicted octanol–water partition coefficient (Wildman–Crippen LogP) is 1.01. The molecule has 1 aliphatic carbocycles. The normalized spacial score (nSPS) is 21.0. The van der Waals surface area contributed by atoms with E-state index in [1.54, 1.807) is 0 Å². The molecule has 0 atom stereocenters. The van der Waals surface area contributed by atoms with Crippen molar-refractivity contribution in [2.45, 2.75) is 12.3 Å². The van der Waals surface area contributed by atoms with Gasteiger partial charge in [-0.2, -0.15) is 8.78 Å². The fourth-order valence-corrected chi connectivity index (χ4v) is 0.942. The third-order valence-corrected chi connectivity index (χ3v) is 1.47. The van der Waals surface area contributed by atoms with Gasteiger partial charge in [0.1, 0.15) is 0 Å². The van der Waals surface area contributed by atoms with Gasteiger partial charge in [0, 0.05) is 0 Å². The molecule has 1 rings (SSSR count). The van der Waals surface area contributed by atoms with E-state index in [0.29, 0.717) is 0 Å². The molecule has 0 aliphatic heterocycles. The number of alkyl halides is 2. The second-order valence-electron chi connectivity index (χ2n) is 2.20. The topological polar surface area (TPSA) is 46.5 Å². The van der Waals surface area contributed by atoms with Crippen LogP contribution < -0.4 is 0 Å². The van der Waals surface area contributed by atoms with E-state index >= 15 is 0 Å². The molecule has 62 valence electrons. The first-order valence-electron chi connectivity index (χ1n) is 2.88. The van der Waals surface area contributed by atoms with Gasteiger partial charge in [0.25, 0.3) is 0 Å². The van der Waals surface area contributed by atoms with Crippen molar-refractivity contribution in [1.29, 1.82) is 0 Å². The molecule has 1 aliphatic rings. The van der Waals surface area contributed by atoms with E-state index in [2.05, 4.69) is 4.74 Å². The summed E-state index contributed by atoms with van der Waals surface area (Å²) in [7, 11) is 1.03. The van der Waals surface area contributed by atoms with Gasteiger partial charge in [0.15, 0.2) is 5.76 Å². The van der Waals surface area contributed by atoms with Gasteiger partial charge < -0.3 is 9.84 Å². The first-order chi connectivity index (χ1) is 4.99. The minimum atomic E-state index is -3.08. The second kappa shape index (κ2) is 2.18. The minimum absolute atomic E-state index is 0.336. The summed E-state index contributed by atoms with van der Waals surface area (Å²) in [6, 6.07) is 0. The molecule has 0 heterocycles. The van der Waals surface area contributed by atoms with Crippen LogP contribution in [0.25, 0.3) is 0 Å². The van der Waals surface area contributed by atoms with Crippen molar-refractivity contribution in [2.24, 2.45) is 0 Å². The number of allylic oxidation sites excluding steroid dienone is 1. The molecule has 0 aromatic rings. The zero-order chi connectivity index (χ0) is 8.65. The number of ether oxygens (including phenoxy) is 1. The van der Waals surface area contributed by atoms with Crippen molar-refractivity contribution in [1.82, 2.24) is 0 Å². The van der Waals surface area contributed by atoms with E-state index in [9.17, 15) is 13.6 Å². The van der Waals surface area contributed by atoms with Crippen molar-refractivity contribution < 1.29 is 23.4 Å². The molecule has 0 saturated carbocycles. The Kier molecular flexibility index (Phi) is 1.58. The van der Waals surface area contributed by atoms with Crippen LogP contribution in [0, 0.1) is 0 Å². The molecule has 0 unspecified atom stereocenters. The van der Waals surface area contributed by atoms with Crippen molar-refractivity contribution in [3.05, 3.63) is 11.3 Å². The third-order valence-electron chi connectivity index (χ3n) is 1.47. The SMILES string of the molecule is COC1=C(C(=O)O)CC1(F)F. The van der Waals surface area contributed by atoms with Crippen LogP contribution in [0.15, 0.2) is 11.3 Å². The van der Waals surface area contributed by atoms with Crippen LogP contribution >= 0.6 is 0 Å². The number of carbonyl (C=O) groups is 1. The average molecular weight is 164 g/mol. The van der Waals surface area contributed by atoms with E-state index in [4.69, 9.17) is 5.11 Å². The molecule has 0 bridgehead atoms. The Labute approximate surface area is 61.3 Å². The molecule has 0 aromatic carbocycles. The summed E-state index contributed by atoms with van der Waals surface area (Å²) in [4.78, 5) is 10.2. The van der Waals surface area contributed by atoms with E-state index in [0.717, 1.165) is 7.11 Å². The lowest BCUT2D eigenvalue weighted by atomic mass is 9.92. The smallest absolute Gasteiger partial charge is 0.335 e. The summed E-state index contributed by atoms with van der Waals surface area (Å²) in [6.45, 7) is 0. The number of hydrogen-bond donors (Lipinski definition) is 1. The highest BCUT2D eigenvalue weighted by Gasteiger charge is 2.50. The van der Waals surface area contributed by atoms with Crippen LogP contribution in [0.2, 0.25) is 0 Å². The summed E-state index contributed by atoms with van der Waals surface area (Å²) in [5.74, 6) is -5.14. The van der Waals surface area contributed by atoms with Crippen LogP contribution in [-0.4, -0.2) is 24.1 Å². The maximum Gasteiger partial charge on any atom is 0.335 e. The van der Waals surface area contributed by atoms with Crippen molar-refractivity contribution in [2.75, 3.05) is 7.11 Å². The number of hydrogen-bond acceptors (Lipinski definition) is 2. The van der Waals surface area contributed by atoms with Gasteiger partial charge in [-0.05, 0) is 0 Å². The van der Waals surface area contributed by atoms with Gasteiger partial charge in [0.2, 0.25) is 0 Å². The Morgan fingerprint density at radius 1 is 1.73 bits per heavy atom. The lowest BCUT2D eigenvalue weighted by molar-refractivity contribution is -0.137. The first-order valence-corrected chi connectivity index (χ1v) is 2.88. The number of aliphatic carboxylic acids is 1. The fourth-order valence-electron chi connectivity index (χ4n) is 0.942. The average Bonchev–Trinajstić information content (AvgIpc) is 1.84. The Morgan fingerprint density at radius 3 is 2.45 bits per heavy atom. The second-order valence-corrected chi connectivity index (χ2v) is 2.20. The highest BCUT2D eigenvalue weighted by atomic mass is 19.3. The standard InChI is InChI=1S/C6H6F2O3/c1-11-4-3(5(9)10)2-6(4,7)8/h2H2,1H3,(H,9,10). The number of rotatable bonds is 2. The highest BCUT2D eigenvalue weighted by Crippen LogP contribution is 2.43. The fraction of sp³-hybridized carbons (Fsp3) is 0.500. The highest BCUT2D eigenvalue weighted by molar-refractivity contribution is 5.89. The van der Waals surface area contributed by atoms with Crippen LogP contribution in [0.4, 0.5) is 8.78 Å². The molecular weight excluding hydrogens is 158 g/mol. The summed E-state index contributed by atoms with van der Waals surface area (Å²) in [5, 5.41) is 8.30. The van der Waals surface area contributed by atoms with Crippen molar-refractivity contribution >= 4 is 5.97 Å². The van der Waals surface area contributed by atoms with Crippen molar-refractivity contribution in [3.8, 4) is 0 Å². The minimum Gasteiger partial charge on any atom is -0.494 e. The summed E-state index contributed by atoms with van der Waals surface area (Å²) in [5.41, 5.74) is -0.336. The molecular formula is C6H6F2O3. The van der Waals surface area contributed by atoms with E-state index in [1.165, 1.54) is 0 Å². The summed E-state index contributed by atoms with van der Waals surface area (Å²) < 4.78 is 29.0. The third kappa shape index (κ3) is 1.06. The van der Waals surface area contributed by atoms with Crippen LogP contribution in [0.1, 0.15) is 6.42 Å². The largest absolute Gasteiger partial charge is 0.494 e. The number of methoxy groups -OCH3 is 1. The number of carboxylic acids is 1. The first kappa shape index (κ1) is 7.97. The van der Waals surface area contributed by atoms with Gasteiger partial charge >= 0.3 is 11.9 Å². The molecule has 0 fully saturated rings. The molecule has 3 nitrogen and oxygen atoms in total. The van der Waals surface area contributed by atoms with E-state index < -0.39 is 24.1 Å². The van der Waals surface area contributed by atoms with Gasteiger partial charge in [-0.3, -0.25) is 0 Å². The van der Waals surface area contributed by atoms with Crippen molar-refractivity contribution in [3.63, 3.8) is 0 Å². The van der Waals surface area contributed by atoms with Gasteiger partial charge in [-0.1, -0.05) is 0 Å². The van der Waals surface area contributed by atoms with Crippen LogP contribution in [0.3, 0.4) is 0 Å². The molecule has 0 aromatic heterocycles. The maximum atomic E-state index is 12.4. The molecule has 11 heavy (non-hydrogen) atoms. The van der Waals surface area contributed by atoms with Crippen LogP contribution in [0.5, 0.6) is 0 Å². The quantitative estimate of drug-likeness (QED) is 0.662. The maximum absolute atomic E-state index is 12.4. The zero-order valence-electron chi connectivity index (χ0n) is 5.73. The van der Waals surface area contributed by atoms with E-state index in [1.807, 2.05) is 0 Å².